The van der Waals surface area contributed by atoms with Crippen molar-refractivity contribution in [2.75, 3.05) is 55.7 Å². The van der Waals surface area contributed by atoms with Crippen LogP contribution in [0.3, 0.4) is 0 Å². The zero-order valence-corrected chi connectivity index (χ0v) is 18.0. The van der Waals surface area contributed by atoms with Crippen LogP contribution in [0.1, 0.15) is 33.6 Å². The second-order valence-corrected chi connectivity index (χ2v) is 8.62. The molecule has 1 aliphatic rings. The van der Waals surface area contributed by atoms with Gasteiger partial charge >= 0.3 is 13.3 Å². The number of hydrogen-bond acceptors (Lipinski definition) is 8. The lowest BCUT2D eigenvalue weighted by molar-refractivity contribution is 0.147. The maximum atomic E-state index is 12.5. The minimum absolute atomic E-state index is 0.292. The van der Waals surface area contributed by atoms with Crippen molar-refractivity contribution in [2.45, 2.75) is 33.6 Å². The Balaban J connectivity index is 2.08. The predicted octanol–water partition coefficient (Wildman–Crippen LogP) is 1.70. The predicted molar refractivity (Wildman–Crippen MR) is 108 cm³/mol. The Morgan fingerprint density at radius 2 is 1.71 bits per heavy atom. The highest BCUT2D eigenvalue weighted by Gasteiger charge is 2.31. The van der Waals surface area contributed by atoms with Crippen LogP contribution in [0.5, 0.6) is 0 Å². The largest absolute Gasteiger partial charge is 0.361 e. The van der Waals surface area contributed by atoms with Crippen LogP contribution in [0.2, 0.25) is 0 Å². The molecule has 1 aromatic heterocycles. The highest BCUT2D eigenvalue weighted by atomic mass is 31.2. The molecule has 0 aliphatic carbocycles. The summed E-state index contributed by atoms with van der Waals surface area (Å²) < 4.78 is 30.1. The molecule has 0 amide bonds. The summed E-state index contributed by atoms with van der Waals surface area (Å²) >= 11 is 0. The van der Waals surface area contributed by atoms with E-state index in [2.05, 4.69) is 4.98 Å². The summed E-state index contributed by atoms with van der Waals surface area (Å²) in [5, 5.41) is 0. The van der Waals surface area contributed by atoms with E-state index >= 15 is 0 Å². The second-order valence-electron chi connectivity index (χ2n) is 6.43. The van der Waals surface area contributed by atoms with E-state index in [0.717, 1.165) is 0 Å². The number of ether oxygens (including phenoxy) is 1. The minimum Gasteiger partial charge on any atom is -0.361 e. The van der Waals surface area contributed by atoms with Crippen molar-refractivity contribution in [1.82, 2.24) is 9.55 Å². The van der Waals surface area contributed by atoms with Crippen LogP contribution in [0.25, 0.3) is 0 Å². The topological polar surface area (TPSA) is 106 Å². The van der Waals surface area contributed by atoms with Gasteiger partial charge in [-0.05, 0) is 33.6 Å². The van der Waals surface area contributed by atoms with Crippen LogP contribution in [0.15, 0.2) is 9.59 Å². The van der Waals surface area contributed by atoms with Crippen molar-refractivity contribution >= 4 is 19.1 Å². The first-order valence-corrected chi connectivity index (χ1v) is 11.4. The molecule has 1 N–H and O–H groups in total. The Labute approximate surface area is 164 Å². The molecule has 160 valence electrons. The van der Waals surface area contributed by atoms with Crippen molar-refractivity contribution < 1.29 is 18.3 Å². The van der Waals surface area contributed by atoms with Gasteiger partial charge in [0.1, 0.15) is 18.2 Å². The number of unbranched alkanes of at least 4 members (excludes halogenated alkanes) is 1. The molecule has 2 rings (SSSR count). The van der Waals surface area contributed by atoms with Gasteiger partial charge in [0.15, 0.2) is 0 Å². The maximum Gasteiger partial charge on any atom is 0.330 e. The van der Waals surface area contributed by atoms with Crippen molar-refractivity contribution in [3.05, 3.63) is 20.8 Å². The molecule has 0 spiro atoms. The fourth-order valence-corrected chi connectivity index (χ4v) is 4.97. The van der Waals surface area contributed by atoms with Crippen molar-refractivity contribution in [3.8, 4) is 0 Å². The van der Waals surface area contributed by atoms with Gasteiger partial charge in [0.05, 0.1) is 26.0 Å². The minimum atomic E-state index is -3.06. The molecule has 0 saturated heterocycles. The molecule has 0 radical (unpaired) electrons. The molecule has 0 fully saturated rings. The lowest BCUT2D eigenvalue weighted by Crippen LogP contribution is -2.34. The zero-order chi connectivity index (χ0) is 20.7. The molecule has 11 heteroatoms. The van der Waals surface area contributed by atoms with Gasteiger partial charge in [-0.1, -0.05) is 0 Å². The molecular weight excluding hydrogens is 387 g/mol. The number of nitrogens with zero attached hydrogens (tertiary/aromatic N) is 3. The normalized spacial score (nSPS) is 14.0. The Kier molecular flexibility index (Phi) is 8.30. The first-order chi connectivity index (χ1) is 13.4. The van der Waals surface area contributed by atoms with Crippen LogP contribution in [-0.2, 0) is 25.4 Å². The molecule has 0 atom stereocenters. The summed E-state index contributed by atoms with van der Waals surface area (Å²) in [5.41, 5.74) is -0.410. The van der Waals surface area contributed by atoms with Gasteiger partial charge in [0.25, 0.3) is 5.56 Å². The quantitative estimate of drug-likeness (QED) is 0.404. The van der Waals surface area contributed by atoms with Crippen LogP contribution in [0, 0.1) is 0 Å². The van der Waals surface area contributed by atoms with Crippen molar-refractivity contribution in [2.24, 2.45) is 7.05 Å². The summed E-state index contributed by atoms with van der Waals surface area (Å²) in [5.74, 6) is 0.552. The molecule has 0 aromatic carbocycles. The van der Waals surface area contributed by atoms with E-state index in [-0.39, 0.29) is 0 Å². The highest BCUT2D eigenvalue weighted by molar-refractivity contribution is 7.53. The molecule has 0 saturated carbocycles. The van der Waals surface area contributed by atoms with Crippen LogP contribution in [-0.4, -0.2) is 55.5 Å². The number of aromatic nitrogens is 2. The van der Waals surface area contributed by atoms with Gasteiger partial charge in [-0.25, -0.2) is 4.79 Å². The summed E-state index contributed by atoms with van der Waals surface area (Å²) in [6.45, 7) is 8.00. The maximum absolute atomic E-state index is 12.5. The molecule has 28 heavy (non-hydrogen) atoms. The van der Waals surface area contributed by atoms with Crippen LogP contribution in [0.4, 0.5) is 11.5 Å². The highest BCUT2D eigenvalue weighted by Crippen LogP contribution is 2.48. The average Bonchev–Trinajstić information content (AvgIpc) is 3.01. The molecule has 0 unspecified atom stereocenters. The Hall–Kier alpha value is -1.61. The molecule has 2 heterocycles. The summed E-state index contributed by atoms with van der Waals surface area (Å²) in [7, 11) is -1.43. The van der Waals surface area contributed by atoms with Gasteiger partial charge in [-0.2, -0.15) is 0 Å². The van der Waals surface area contributed by atoms with Crippen molar-refractivity contribution in [1.29, 1.82) is 0 Å². The van der Waals surface area contributed by atoms with Crippen LogP contribution < -0.4 is 21.0 Å². The third-order valence-corrected chi connectivity index (χ3v) is 6.61. The van der Waals surface area contributed by atoms with Gasteiger partial charge in [0, 0.05) is 20.2 Å². The Morgan fingerprint density at radius 1 is 1.04 bits per heavy atom. The van der Waals surface area contributed by atoms with E-state index in [0.29, 0.717) is 70.3 Å². The van der Waals surface area contributed by atoms with E-state index in [1.807, 2.05) is 16.7 Å². The Morgan fingerprint density at radius 3 is 2.32 bits per heavy atom. The smallest absolute Gasteiger partial charge is 0.330 e. The molecule has 10 nitrogen and oxygen atoms in total. The number of nitrogens with one attached hydrogen (secondary N) is 1. The van der Waals surface area contributed by atoms with E-state index in [1.165, 1.54) is 4.57 Å². The fourth-order valence-electron chi connectivity index (χ4n) is 3.24. The number of anilines is 2. The molecule has 0 bridgehead atoms. The first-order valence-electron chi connectivity index (χ1n) is 9.65. The summed E-state index contributed by atoms with van der Waals surface area (Å²) in [6, 6.07) is 0. The lowest BCUT2D eigenvalue weighted by atomic mass is 10.3. The number of aromatic amines is 1. The lowest BCUT2D eigenvalue weighted by Gasteiger charge is -2.21. The number of H-pyrrole nitrogens is 1. The third kappa shape index (κ3) is 5.26. The average molecular weight is 418 g/mol. The van der Waals surface area contributed by atoms with Gasteiger partial charge in [0.2, 0.25) is 0 Å². The zero-order valence-electron chi connectivity index (χ0n) is 17.1. The van der Waals surface area contributed by atoms with E-state index < -0.39 is 18.8 Å². The van der Waals surface area contributed by atoms with Gasteiger partial charge < -0.3 is 23.6 Å². The van der Waals surface area contributed by atoms with Gasteiger partial charge in [-0.15, -0.1) is 0 Å². The number of rotatable bonds is 12. The number of hydrogen-bond donors (Lipinski definition) is 1. The standard InChI is InChI=1S/C17H31N4O6P/c1-5-25-13-21-12-20(14-15(22)18-17(23)19(4)16(14)21)10-8-9-11-28(24,26-6-2)27-7-3/h5-13H2,1-4H3,(H,18,22,23). The SMILES string of the molecule is CCOCN1CN(CCCCP(=O)(OCC)OCC)c2c1n(C)c(=O)[nH]c2=O. The second kappa shape index (κ2) is 10.2. The molecule has 1 aliphatic heterocycles. The first kappa shape index (κ1) is 22.7. The third-order valence-electron chi connectivity index (χ3n) is 4.44. The fraction of sp³-hybridized carbons (Fsp3) is 0.765. The van der Waals surface area contributed by atoms with E-state index in [1.54, 1.807) is 20.9 Å². The monoisotopic (exact) mass is 418 g/mol. The summed E-state index contributed by atoms with van der Waals surface area (Å²) in [6.07, 6.45) is 1.67. The van der Waals surface area contributed by atoms with Gasteiger partial charge in [-0.3, -0.25) is 18.9 Å². The number of fused-ring (bicyclic) bond motifs is 1. The van der Waals surface area contributed by atoms with E-state index in [4.69, 9.17) is 13.8 Å². The molecule has 1 aromatic rings. The summed E-state index contributed by atoms with van der Waals surface area (Å²) in [4.78, 5) is 30.5. The van der Waals surface area contributed by atoms with E-state index in [9.17, 15) is 14.2 Å². The van der Waals surface area contributed by atoms with Crippen molar-refractivity contribution in [3.63, 3.8) is 0 Å². The van der Waals surface area contributed by atoms with Crippen LogP contribution >= 0.6 is 7.60 Å². The Bertz CT molecular complexity index is 798. The molecular formula is C17H31N4O6P.